The molecule has 1 aromatic rings. The van der Waals surface area contributed by atoms with E-state index in [4.69, 9.17) is 9.47 Å². The molecule has 0 aliphatic carbocycles. The third-order valence-corrected chi connectivity index (χ3v) is 3.33. The van der Waals surface area contributed by atoms with Gasteiger partial charge in [-0.05, 0) is 49.6 Å². The topological polar surface area (TPSA) is 30.5 Å². The molecule has 0 aromatic heterocycles. The van der Waals surface area contributed by atoms with E-state index in [1.807, 2.05) is 12.1 Å². The minimum Gasteiger partial charge on any atom is -0.497 e. The van der Waals surface area contributed by atoms with Crippen LogP contribution in [0.5, 0.6) is 5.75 Å². The Morgan fingerprint density at radius 3 is 3.00 bits per heavy atom. The van der Waals surface area contributed by atoms with Crippen molar-refractivity contribution in [2.45, 2.75) is 32.2 Å². The van der Waals surface area contributed by atoms with Crippen molar-refractivity contribution in [3.63, 3.8) is 0 Å². The monoisotopic (exact) mass is 261 g/mol. The lowest BCUT2D eigenvalue weighted by atomic mass is 10.0. The lowest BCUT2D eigenvalue weighted by Gasteiger charge is -2.24. The molecule has 2 rings (SSSR count). The summed E-state index contributed by atoms with van der Waals surface area (Å²) in [6.45, 7) is 3.91. The largest absolute Gasteiger partial charge is 0.497 e. The van der Waals surface area contributed by atoms with E-state index in [-0.39, 0.29) is 6.04 Å². The van der Waals surface area contributed by atoms with Gasteiger partial charge in [0.1, 0.15) is 11.5 Å². The van der Waals surface area contributed by atoms with Gasteiger partial charge in [0.2, 0.25) is 0 Å². The maximum absolute atomic E-state index is 5.79. The van der Waals surface area contributed by atoms with Crippen LogP contribution >= 0.6 is 0 Å². The third kappa shape index (κ3) is 4.00. The number of hydrogen-bond donors (Lipinski definition) is 1. The summed E-state index contributed by atoms with van der Waals surface area (Å²) in [5.74, 6) is 2.00. The first-order chi connectivity index (χ1) is 9.33. The quantitative estimate of drug-likeness (QED) is 0.854. The van der Waals surface area contributed by atoms with E-state index in [0.717, 1.165) is 43.9 Å². The van der Waals surface area contributed by atoms with Crippen molar-refractivity contribution >= 4 is 0 Å². The van der Waals surface area contributed by atoms with Crippen LogP contribution in [0, 0.1) is 0 Å². The predicted octanol–water partition coefficient (Wildman–Crippen LogP) is 2.91. The van der Waals surface area contributed by atoms with Crippen LogP contribution < -0.4 is 10.1 Å². The summed E-state index contributed by atoms with van der Waals surface area (Å²) < 4.78 is 11.1. The fourth-order valence-corrected chi connectivity index (χ4v) is 2.37. The Kier molecular flexibility index (Phi) is 5.28. The van der Waals surface area contributed by atoms with Gasteiger partial charge in [-0.15, -0.1) is 0 Å². The molecule has 19 heavy (non-hydrogen) atoms. The minimum atomic E-state index is 0.261. The van der Waals surface area contributed by atoms with E-state index >= 15 is 0 Å². The number of benzene rings is 1. The molecule has 1 aliphatic rings. The fraction of sp³-hybridized carbons (Fsp3) is 0.500. The number of ether oxygens (including phenoxy) is 2. The summed E-state index contributed by atoms with van der Waals surface area (Å²) in [5, 5.41) is 3.50. The zero-order valence-corrected chi connectivity index (χ0v) is 11.8. The molecule has 0 amide bonds. The zero-order chi connectivity index (χ0) is 13.5. The standard InChI is InChI=1S/C16H23NO2/c1-3-17-15(16-9-4-5-10-19-16)12-13-7-6-8-14(11-13)18-2/h6-9,11,15,17H,3-5,10,12H2,1-2H3. The van der Waals surface area contributed by atoms with Crippen LogP contribution in [0.1, 0.15) is 25.3 Å². The Morgan fingerprint density at radius 1 is 1.42 bits per heavy atom. The number of hydrogen-bond acceptors (Lipinski definition) is 3. The summed E-state index contributed by atoms with van der Waals surface area (Å²) in [4.78, 5) is 0. The molecule has 0 radical (unpaired) electrons. The van der Waals surface area contributed by atoms with Crippen molar-refractivity contribution in [2.24, 2.45) is 0 Å². The highest BCUT2D eigenvalue weighted by Gasteiger charge is 2.17. The van der Waals surface area contributed by atoms with E-state index in [9.17, 15) is 0 Å². The van der Waals surface area contributed by atoms with Crippen molar-refractivity contribution < 1.29 is 9.47 Å². The van der Waals surface area contributed by atoms with Gasteiger partial charge in [0.15, 0.2) is 0 Å². The van der Waals surface area contributed by atoms with E-state index in [1.54, 1.807) is 7.11 Å². The van der Waals surface area contributed by atoms with Gasteiger partial charge in [-0.3, -0.25) is 0 Å². The maximum Gasteiger partial charge on any atom is 0.119 e. The lowest BCUT2D eigenvalue weighted by molar-refractivity contribution is 0.167. The number of likely N-dealkylation sites (N-methyl/N-ethyl adjacent to an activating group) is 1. The molecule has 1 aliphatic heterocycles. The molecular formula is C16H23NO2. The molecule has 1 atom stereocenters. The summed E-state index contributed by atoms with van der Waals surface area (Å²) >= 11 is 0. The molecule has 3 nitrogen and oxygen atoms in total. The van der Waals surface area contributed by atoms with Crippen LogP contribution in [-0.2, 0) is 11.2 Å². The SMILES string of the molecule is CCNC(Cc1cccc(OC)c1)C1=CCCCO1. The van der Waals surface area contributed by atoms with Gasteiger partial charge in [-0.1, -0.05) is 19.1 Å². The van der Waals surface area contributed by atoms with Crippen molar-refractivity contribution in [1.29, 1.82) is 0 Å². The molecule has 1 N–H and O–H groups in total. The Morgan fingerprint density at radius 2 is 2.32 bits per heavy atom. The lowest BCUT2D eigenvalue weighted by Crippen LogP contribution is -2.34. The van der Waals surface area contributed by atoms with Crippen molar-refractivity contribution in [3.05, 3.63) is 41.7 Å². The summed E-state index contributed by atoms with van der Waals surface area (Å²) in [6, 6.07) is 8.50. The number of nitrogens with one attached hydrogen (secondary N) is 1. The Labute approximate surface area is 115 Å². The van der Waals surface area contributed by atoms with Gasteiger partial charge in [0, 0.05) is 0 Å². The minimum absolute atomic E-state index is 0.261. The first-order valence-electron chi connectivity index (χ1n) is 7.02. The number of allylic oxidation sites excluding steroid dienone is 1. The van der Waals surface area contributed by atoms with Crippen molar-refractivity contribution in [1.82, 2.24) is 5.32 Å². The highest BCUT2D eigenvalue weighted by molar-refractivity contribution is 5.30. The molecule has 3 heteroatoms. The van der Waals surface area contributed by atoms with Crippen LogP contribution in [0.2, 0.25) is 0 Å². The van der Waals surface area contributed by atoms with E-state index in [1.165, 1.54) is 5.56 Å². The first-order valence-corrected chi connectivity index (χ1v) is 7.02. The second kappa shape index (κ2) is 7.19. The molecule has 1 heterocycles. The molecule has 104 valence electrons. The van der Waals surface area contributed by atoms with Gasteiger partial charge in [0.05, 0.1) is 19.8 Å². The third-order valence-electron chi connectivity index (χ3n) is 3.33. The molecule has 0 saturated carbocycles. The first kappa shape index (κ1) is 13.9. The van der Waals surface area contributed by atoms with Gasteiger partial charge in [0.25, 0.3) is 0 Å². The summed E-state index contributed by atoms with van der Waals surface area (Å²) in [5.41, 5.74) is 1.26. The molecule has 0 bridgehead atoms. The zero-order valence-electron chi connectivity index (χ0n) is 11.8. The van der Waals surface area contributed by atoms with Crippen LogP contribution in [0.4, 0.5) is 0 Å². The Hall–Kier alpha value is -1.48. The van der Waals surface area contributed by atoms with Crippen LogP contribution in [-0.4, -0.2) is 26.3 Å². The average molecular weight is 261 g/mol. The maximum atomic E-state index is 5.79. The predicted molar refractivity (Wildman–Crippen MR) is 77.4 cm³/mol. The van der Waals surface area contributed by atoms with Crippen LogP contribution in [0.3, 0.4) is 0 Å². The Balaban J connectivity index is 2.08. The van der Waals surface area contributed by atoms with Crippen molar-refractivity contribution in [2.75, 3.05) is 20.3 Å². The van der Waals surface area contributed by atoms with E-state index in [2.05, 4.69) is 30.4 Å². The molecule has 1 aromatic carbocycles. The highest BCUT2D eigenvalue weighted by Crippen LogP contribution is 2.19. The van der Waals surface area contributed by atoms with E-state index < -0.39 is 0 Å². The highest BCUT2D eigenvalue weighted by atomic mass is 16.5. The van der Waals surface area contributed by atoms with Gasteiger partial charge in [-0.25, -0.2) is 0 Å². The molecule has 0 fully saturated rings. The van der Waals surface area contributed by atoms with Gasteiger partial charge in [-0.2, -0.15) is 0 Å². The Bertz CT molecular complexity index is 429. The molecular weight excluding hydrogens is 238 g/mol. The molecule has 1 unspecified atom stereocenters. The van der Waals surface area contributed by atoms with Gasteiger partial charge >= 0.3 is 0 Å². The van der Waals surface area contributed by atoms with Crippen LogP contribution in [0.15, 0.2) is 36.1 Å². The van der Waals surface area contributed by atoms with Gasteiger partial charge < -0.3 is 14.8 Å². The molecule has 0 spiro atoms. The average Bonchev–Trinajstić information content (AvgIpc) is 2.48. The van der Waals surface area contributed by atoms with Crippen molar-refractivity contribution in [3.8, 4) is 5.75 Å². The second-order valence-electron chi connectivity index (χ2n) is 4.76. The normalized spacial score (nSPS) is 16.4. The molecule has 0 saturated heterocycles. The smallest absolute Gasteiger partial charge is 0.119 e. The van der Waals surface area contributed by atoms with Crippen LogP contribution in [0.25, 0.3) is 0 Å². The summed E-state index contributed by atoms with van der Waals surface area (Å²) in [7, 11) is 1.70. The van der Waals surface area contributed by atoms with E-state index in [0.29, 0.717) is 0 Å². The fourth-order valence-electron chi connectivity index (χ4n) is 2.37. The number of methoxy groups -OCH3 is 1. The second-order valence-corrected chi connectivity index (χ2v) is 4.76. The summed E-state index contributed by atoms with van der Waals surface area (Å²) in [6.07, 6.45) is 5.39. The number of rotatable bonds is 6.